The Morgan fingerprint density at radius 3 is 1.75 bits per heavy atom. The monoisotopic (exact) mass is 269 g/mol. The van der Waals surface area contributed by atoms with E-state index in [4.69, 9.17) is 0 Å². The third-order valence-corrected chi connectivity index (χ3v) is 3.44. The lowest BCUT2D eigenvalue weighted by Crippen LogP contribution is -2.40. The molecular weight excluding hydrogens is 246 g/mol. The molecule has 2 rings (SSSR count). The van der Waals surface area contributed by atoms with Gasteiger partial charge in [0, 0.05) is 6.54 Å². The summed E-state index contributed by atoms with van der Waals surface area (Å²) in [6.07, 6.45) is 0. The van der Waals surface area contributed by atoms with E-state index in [1.54, 1.807) is 0 Å². The summed E-state index contributed by atoms with van der Waals surface area (Å²) >= 11 is 0. The number of hydrogen-bond donors (Lipinski definition) is 2. The average molecular weight is 269 g/mol. The van der Waals surface area contributed by atoms with Crippen molar-refractivity contribution in [1.29, 1.82) is 0 Å². The van der Waals surface area contributed by atoms with Gasteiger partial charge < -0.3 is 10.4 Å². The molecule has 0 heterocycles. The van der Waals surface area contributed by atoms with Gasteiger partial charge in [0.05, 0.1) is 0 Å². The summed E-state index contributed by atoms with van der Waals surface area (Å²) in [5, 5.41) is 14.6. The summed E-state index contributed by atoms with van der Waals surface area (Å²) in [6, 6.07) is 19.7. The van der Waals surface area contributed by atoms with Gasteiger partial charge in [-0.15, -0.1) is 0 Å². The molecule has 2 heteroatoms. The summed E-state index contributed by atoms with van der Waals surface area (Å²) < 4.78 is 0. The normalized spacial score (nSPS) is 11.8. The molecule has 0 fully saturated rings. The fourth-order valence-electron chi connectivity index (χ4n) is 2.34. The summed E-state index contributed by atoms with van der Waals surface area (Å²) in [5.74, 6) is 0.561. The molecule has 2 aromatic carbocycles. The number of aliphatic hydroxyl groups is 1. The first-order valence-electron chi connectivity index (χ1n) is 7.17. The number of benzene rings is 2. The molecule has 20 heavy (non-hydrogen) atoms. The third-order valence-electron chi connectivity index (χ3n) is 3.44. The van der Waals surface area contributed by atoms with E-state index in [9.17, 15) is 5.11 Å². The first-order chi connectivity index (χ1) is 9.63. The Morgan fingerprint density at radius 1 is 0.900 bits per heavy atom. The van der Waals surface area contributed by atoms with E-state index in [0.717, 1.165) is 17.7 Å². The Morgan fingerprint density at radius 2 is 1.35 bits per heavy atom. The molecule has 0 spiro atoms. The molecule has 0 bridgehead atoms. The van der Waals surface area contributed by atoms with E-state index in [1.807, 2.05) is 60.7 Å². The molecule has 0 saturated carbocycles. The predicted octanol–water partition coefficient (Wildman–Crippen LogP) is 3.17. The van der Waals surface area contributed by atoms with E-state index in [-0.39, 0.29) is 0 Å². The number of hydrogen-bond acceptors (Lipinski definition) is 2. The van der Waals surface area contributed by atoms with Gasteiger partial charge in [-0.3, -0.25) is 0 Å². The van der Waals surface area contributed by atoms with Gasteiger partial charge in [0.2, 0.25) is 0 Å². The zero-order valence-electron chi connectivity index (χ0n) is 12.2. The maximum atomic E-state index is 11.2. The van der Waals surface area contributed by atoms with Crippen LogP contribution >= 0.6 is 0 Å². The molecule has 2 nitrogen and oxygen atoms in total. The van der Waals surface area contributed by atoms with E-state index in [0.29, 0.717) is 12.5 Å². The third kappa shape index (κ3) is 3.47. The SMILES string of the molecule is CC(C)CNCC(O)(c1ccccc1)c1ccccc1. The molecule has 0 aliphatic carbocycles. The smallest absolute Gasteiger partial charge is 0.127 e. The maximum absolute atomic E-state index is 11.2. The van der Waals surface area contributed by atoms with Gasteiger partial charge >= 0.3 is 0 Å². The summed E-state index contributed by atoms with van der Waals surface area (Å²) in [5.41, 5.74) is 0.849. The van der Waals surface area contributed by atoms with Crippen molar-refractivity contribution in [2.45, 2.75) is 19.4 Å². The first kappa shape index (κ1) is 14.8. The van der Waals surface area contributed by atoms with Gasteiger partial charge in [-0.25, -0.2) is 0 Å². The number of nitrogens with one attached hydrogen (secondary N) is 1. The van der Waals surface area contributed by atoms with Gasteiger partial charge in [0.15, 0.2) is 0 Å². The molecule has 0 aromatic heterocycles. The van der Waals surface area contributed by atoms with Crippen LogP contribution in [0.15, 0.2) is 60.7 Å². The Bertz CT molecular complexity index is 468. The standard InChI is InChI=1S/C18H23NO/c1-15(2)13-19-14-18(20,16-9-5-3-6-10-16)17-11-7-4-8-12-17/h3-12,15,19-20H,13-14H2,1-2H3. The van der Waals surface area contributed by atoms with Gasteiger partial charge in [0.25, 0.3) is 0 Å². The number of rotatable bonds is 6. The van der Waals surface area contributed by atoms with Crippen molar-refractivity contribution in [3.63, 3.8) is 0 Å². The highest BCUT2D eigenvalue weighted by Gasteiger charge is 2.30. The van der Waals surface area contributed by atoms with E-state index in [2.05, 4.69) is 19.2 Å². The van der Waals surface area contributed by atoms with Crippen molar-refractivity contribution >= 4 is 0 Å². The lowest BCUT2D eigenvalue weighted by molar-refractivity contribution is 0.0793. The van der Waals surface area contributed by atoms with Crippen LogP contribution in [0.2, 0.25) is 0 Å². The van der Waals surface area contributed by atoms with E-state index in [1.165, 1.54) is 0 Å². The lowest BCUT2D eigenvalue weighted by Gasteiger charge is -2.30. The largest absolute Gasteiger partial charge is 0.379 e. The second kappa shape index (κ2) is 6.69. The highest BCUT2D eigenvalue weighted by atomic mass is 16.3. The van der Waals surface area contributed by atoms with Crippen LogP contribution in [-0.4, -0.2) is 18.2 Å². The summed E-state index contributed by atoms with van der Waals surface area (Å²) in [7, 11) is 0. The van der Waals surface area contributed by atoms with Crippen molar-refractivity contribution in [3.05, 3.63) is 71.8 Å². The fourth-order valence-corrected chi connectivity index (χ4v) is 2.34. The molecule has 0 aliphatic heterocycles. The molecule has 106 valence electrons. The minimum absolute atomic E-state index is 0.513. The first-order valence-corrected chi connectivity index (χ1v) is 7.17. The molecule has 0 unspecified atom stereocenters. The Kier molecular flexibility index (Phi) is 4.94. The second-order valence-corrected chi connectivity index (χ2v) is 5.62. The highest BCUT2D eigenvalue weighted by Crippen LogP contribution is 2.28. The molecule has 0 aliphatic rings. The minimum atomic E-state index is -0.989. The van der Waals surface area contributed by atoms with Crippen molar-refractivity contribution in [2.75, 3.05) is 13.1 Å². The van der Waals surface area contributed by atoms with Crippen LogP contribution < -0.4 is 5.32 Å². The molecule has 0 amide bonds. The second-order valence-electron chi connectivity index (χ2n) is 5.62. The van der Waals surface area contributed by atoms with Gasteiger partial charge in [0.1, 0.15) is 5.60 Å². The molecular formula is C18H23NO. The molecule has 0 saturated heterocycles. The molecule has 2 N–H and O–H groups in total. The van der Waals surface area contributed by atoms with Crippen LogP contribution in [0.5, 0.6) is 0 Å². The maximum Gasteiger partial charge on any atom is 0.127 e. The Labute approximate surface area is 121 Å². The quantitative estimate of drug-likeness (QED) is 0.844. The van der Waals surface area contributed by atoms with Gasteiger partial charge in [-0.1, -0.05) is 74.5 Å². The summed E-state index contributed by atoms with van der Waals surface area (Å²) in [4.78, 5) is 0. The predicted molar refractivity (Wildman–Crippen MR) is 83.6 cm³/mol. The van der Waals surface area contributed by atoms with Crippen LogP contribution in [0.4, 0.5) is 0 Å². The summed E-state index contributed by atoms with van der Waals surface area (Å²) in [6.45, 7) is 5.73. The van der Waals surface area contributed by atoms with Crippen LogP contribution in [0, 0.1) is 5.92 Å². The molecule has 0 atom stereocenters. The highest BCUT2D eigenvalue weighted by molar-refractivity contribution is 5.36. The topological polar surface area (TPSA) is 32.3 Å². The van der Waals surface area contributed by atoms with Crippen LogP contribution in [0.3, 0.4) is 0 Å². The molecule has 0 radical (unpaired) electrons. The average Bonchev–Trinajstić information content (AvgIpc) is 2.48. The van der Waals surface area contributed by atoms with Crippen molar-refractivity contribution in [1.82, 2.24) is 5.32 Å². The van der Waals surface area contributed by atoms with Crippen LogP contribution in [0.25, 0.3) is 0 Å². The minimum Gasteiger partial charge on any atom is -0.379 e. The van der Waals surface area contributed by atoms with Crippen LogP contribution in [-0.2, 0) is 5.60 Å². The lowest BCUT2D eigenvalue weighted by atomic mass is 9.86. The Hall–Kier alpha value is -1.64. The van der Waals surface area contributed by atoms with Crippen molar-refractivity contribution < 1.29 is 5.11 Å². The van der Waals surface area contributed by atoms with Gasteiger partial charge in [-0.05, 0) is 23.6 Å². The van der Waals surface area contributed by atoms with Crippen molar-refractivity contribution in [2.24, 2.45) is 5.92 Å². The zero-order valence-corrected chi connectivity index (χ0v) is 12.2. The van der Waals surface area contributed by atoms with E-state index >= 15 is 0 Å². The molecule has 2 aromatic rings. The zero-order chi connectivity index (χ0) is 14.4. The Balaban J connectivity index is 2.29. The van der Waals surface area contributed by atoms with Crippen LogP contribution in [0.1, 0.15) is 25.0 Å². The van der Waals surface area contributed by atoms with E-state index < -0.39 is 5.60 Å². The fraction of sp³-hybridized carbons (Fsp3) is 0.333. The van der Waals surface area contributed by atoms with Gasteiger partial charge in [-0.2, -0.15) is 0 Å². The van der Waals surface area contributed by atoms with Crippen molar-refractivity contribution in [3.8, 4) is 0 Å².